The monoisotopic (exact) mass is 318 g/mol. The number of nitrogens with zero attached hydrogens (tertiary/aromatic N) is 4. The lowest BCUT2D eigenvalue weighted by Gasteiger charge is -2.33. The van der Waals surface area contributed by atoms with Crippen molar-refractivity contribution in [3.8, 4) is 0 Å². The average molecular weight is 318 g/mol. The van der Waals surface area contributed by atoms with Gasteiger partial charge in [0, 0.05) is 20.6 Å². The van der Waals surface area contributed by atoms with E-state index in [0.717, 1.165) is 24.6 Å². The normalized spacial score (nSPS) is 22.3. The predicted molar refractivity (Wildman–Crippen MR) is 89.5 cm³/mol. The van der Waals surface area contributed by atoms with Crippen molar-refractivity contribution in [3.05, 3.63) is 23.9 Å². The minimum atomic E-state index is -0.133. The third-order valence-electron chi connectivity index (χ3n) is 4.52. The fourth-order valence-corrected chi connectivity index (χ4v) is 3.15. The first kappa shape index (κ1) is 16.2. The molecule has 3 heterocycles. The van der Waals surface area contributed by atoms with Crippen LogP contribution in [-0.4, -0.2) is 74.1 Å². The molecule has 23 heavy (non-hydrogen) atoms. The maximum Gasteiger partial charge on any atom is 0.236 e. The Balaban J connectivity index is 1.63. The number of morpholine rings is 1. The molecule has 1 aromatic heterocycles. The summed E-state index contributed by atoms with van der Waals surface area (Å²) in [6.45, 7) is 4.48. The third-order valence-corrected chi connectivity index (χ3v) is 4.52. The van der Waals surface area contributed by atoms with Gasteiger partial charge in [-0.15, -0.1) is 0 Å². The Hall–Kier alpha value is -1.66. The Morgan fingerprint density at radius 1 is 1.30 bits per heavy atom. The summed E-state index contributed by atoms with van der Waals surface area (Å²) in [4.78, 5) is 23.3. The van der Waals surface area contributed by atoms with Gasteiger partial charge in [-0.05, 0) is 38.1 Å². The van der Waals surface area contributed by atoms with E-state index in [-0.39, 0.29) is 12.0 Å². The fourth-order valence-electron chi connectivity index (χ4n) is 3.15. The Kier molecular flexibility index (Phi) is 5.13. The molecule has 0 aliphatic carbocycles. The number of ether oxygens (including phenoxy) is 1. The number of hydrogen-bond donors (Lipinski definition) is 0. The second-order valence-corrected chi connectivity index (χ2v) is 6.50. The number of anilines is 1. The lowest BCUT2D eigenvalue weighted by molar-refractivity contribution is -0.140. The van der Waals surface area contributed by atoms with Crippen LogP contribution in [0.15, 0.2) is 18.2 Å². The van der Waals surface area contributed by atoms with Crippen LogP contribution in [0.1, 0.15) is 24.6 Å². The molecule has 2 aliphatic heterocycles. The molecule has 6 nitrogen and oxygen atoms in total. The van der Waals surface area contributed by atoms with Gasteiger partial charge in [-0.1, -0.05) is 6.07 Å². The molecule has 1 unspecified atom stereocenters. The Labute approximate surface area is 138 Å². The first-order chi connectivity index (χ1) is 11.1. The van der Waals surface area contributed by atoms with Gasteiger partial charge in [-0.3, -0.25) is 9.69 Å². The summed E-state index contributed by atoms with van der Waals surface area (Å²) in [7, 11) is 3.94. The largest absolute Gasteiger partial charge is 0.368 e. The number of likely N-dealkylation sites (tertiary alicyclic amines) is 1. The minimum absolute atomic E-state index is 0.133. The number of carbonyl (C=O) groups excluding carboxylic acids is 1. The summed E-state index contributed by atoms with van der Waals surface area (Å²) in [6.07, 6.45) is 2.28. The minimum Gasteiger partial charge on any atom is -0.368 e. The van der Waals surface area contributed by atoms with Crippen LogP contribution < -0.4 is 4.90 Å². The van der Waals surface area contributed by atoms with E-state index < -0.39 is 0 Å². The summed E-state index contributed by atoms with van der Waals surface area (Å²) in [6, 6.07) is 5.95. The second-order valence-electron chi connectivity index (χ2n) is 6.50. The first-order valence-electron chi connectivity index (χ1n) is 8.39. The van der Waals surface area contributed by atoms with Crippen molar-refractivity contribution < 1.29 is 9.53 Å². The number of aromatic nitrogens is 1. The van der Waals surface area contributed by atoms with Crippen LogP contribution in [-0.2, 0) is 9.53 Å². The van der Waals surface area contributed by atoms with Crippen LogP contribution in [0, 0.1) is 0 Å². The maximum atomic E-state index is 12.5. The van der Waals surface area contributed by atoms with Gasteiger partial charge in [0.05, 0.1) is 25.4 Å². The van der Waals surface area contributed by atoms with Gasteiger partial charge in [-0.2, -0.15) is 0 Å². The van der Waals surface area contributed by atoms with Gasteiger partial charge >= 0.3 is 0 Å². The zero-order valence-electron chi connectivity index (χ0n) is 14.1. The third kappa shape index (κ3) is 4.00. The van der Waals surface area contributed by atoms with E-state index in [1.165, 1.54) is 12.8 Å². The molecule has 0 aromatic carbocycles. The number of rotatable bonds is 4. The van der Waals surface area contributed by atoms with Crippen LogP contribution in [0.25, 0.3) is 0 Å². The van der Waals surface area contributed by atoms with Crippen LogP contribution in [0.2, 0.25) is 0 Å². The first-order valence-corrected chi connectivity index (χ1v) is 8.39. The van der Waals surface area contributed by atoms with Gasteiger partial charge in [0.25, 0.3) is 0 Å². The molecule has 1 atom stereocenters. The van der Waals surface area contributed by atoms with E-state index >= 15 is 0 Å². The van der Waals surface area contributed by atoms with Gasteiger partial charge in [0.1, 0.15) is 11.9 Å². The standard InChI is InChI=1S/C17H26N4O2/c1-19(2)16-7-5-6-14(18-16)15-12-21(10-11-23-15)17(22)13-20-8-3-4-9-20/h5-7,15H,3-4,8-13H2,1-2H3. The van der Waals surface area contributed by atoms with Gasteiger partial charge in [0.2, 0.25) is 5.91 Å². The molecule has 1 aromatic rings. The highest BCUT2D eigenvalue weighted by molar-refractivity contribution is 5.78. The Morgan fingerprint density at radius 2 is 2.09 bits per heavy atom. The number of carbonyl (C=O) groups is 1. The van der Waals surface area contributed by atoms with Gasteiger partial charge < -0.3 is 14.5 Å². The predicted octanol–water partition coefficient (Wildman–Crippen LogP) is 1.14. The molecule has 2 aliphatic rings. The molecule has 0 radical (unpaired) electrons. The fraction of sp³-hybridized carbons (Fsp3) is 0.647. The molecule has 0 saturated carbocycles. The summed E-state index contributed by atoms with van der Waals surface area (Å²) >= 11 is 0. The molecule has 0 spiro atoms. The van der Waals surface area contributed by atoms with Crippen LogP contribution >= 0.6 is 0 Å². The van der Waals surface area contributed by atoms with Crippen molar-refractivity contribution in [3.63, 3.8) is 0 Å². The molecule has 3 rings (SSSR count). The highest BCUT2D eigenvalue weighted by atomic mass is 16.5. The van der Waals surface area contributed by atoms with E-state index in [0.29, 0.717) is 26.2 Å². The van der Waals surface area contributed by atoms with Crippen molar-refractivity contribution >= 4 is 11.7 Å². The molecular formula is C17H26N4O2. The highest BCUT2D eigenvalue weighted by Crippen LogP contribution is 2.22. The molecule has 0 bridgehead atoms. The Morgan fingerprint density at radius 3 is 2.83 bits per heavy atom. The SMILES string of the molecule is CN(C)c1cccc(C2CN(C(=O)CN3CCCC3)CCO2)n1. The topological polar surface area (TPSA) is 48.9 Å². The van der Waals surface area contributed by atoms with Gasteiger partial charge in [-0.25, -0.2) is 4.98 Å². The van der Waals surface area contributed by atoms with Crippen molar-refractivity contribution in [2.45, 2.75) is 18.9 Å². The van der Waals surface area contributed by atoms with Crippen LogP contribution in [0.5, 0.6) is 0 Å². The number of hydrogen-bond acceptors (Lipinski definition) is 5. The van der Waals surface area contributed by atoms with Crippen LogP contribution in [0.4, 0.5) is 5.82 Å². The van der Waals surface area contributed by atoms with E-state index in [9.17, 15) is 4.79 Å². The van der Waals surface area contributed by atoms with E-state index in [4.69, 9.17) is 4.74 Å². The molecule has 2 fully saturated rings. The second kappa shape index (κ2) is 7.27. The quantitative estimate of drug-likeness (QED) is 0.833. The highest BCUT2D eigenvalue weighted by Gasteiger charge is 2.27. The zero-order valence-corrected chi connectivity index (χ0v) is 14.1. The molecular weight excluding hydrogens is 292 g/mol. The zero-order chi connectivity index (χ0) is 16.2. The lowest BCUT2D eigenvalue weighted by Crippen LogP contribution is -2.46. The Bertz CT molecular complexity index is 543. The van der Waals surface area contributed by atoms with Crippen molar-refractivity contribution in [2.24, 2.45) is 0 Å². The molecule has 1 amide bonds. The molecule has 126 valence electrons. The van der Waals surface area contributed by atoms with E-state index in [1.54, 1.807) is 0 Å². The maximum absolute atomic E-state index is 12.5. The number of amides is 1. The smallest absolute Gasteiger partial charge is 0.236 e. The van der Waals surface area contributed by atoms with E-state index in [1.807, 2.05) is 42.1 Å². The summed E-state index contributed by atoms with van der Waals surface area (Å²) in [5, 5.41) is 0. The van der Waals surface area contributed by atoms with Gasteiger partial charge in [0.15, 0.2) is 0 Å². The summed E-state index contributed by atoms with van der Waals surface area (Å²) in [5.41, 5.74) is 0.898. The number of pyridine rings is 1. The van der Waals surface area contributed by atoms with Crippen LogP contribution in [0.3, 0.4) is 0 Å². The van der Waals surface area contributed by atoms with E-state index in [2.05, 4.69) is 9.88 Å². The van der Waals surface area contributed by atoms with Crippen molar-refractivity contribution in [2.75, 3.05) is 58.3 Å². The molecule has 6 heteroatoms. The lowest BCUT2D eigenvalue weighted by atomic mass is 10.2. The van der Waals surface area contributed by atoms with Crippen molar-refractivity contribution in [1.82, 2.24) is 14.8 Å². The summed E-state index contributed by atoms with van der Waals surface area (Å²) < 4.78 is 5.86. The van der Waals surface area contributed by atoms with Crippen molar-refractivity contribution in [1.29, 1.82) is 0 Å². The average Bonchev–Trinajstić information content (AvgIpc) is 3.08. The molecule has 0 N–H and O–H groups in total. The molecule has 2 saturated heterocycles. The summed E-state index contributed by atoms with van der Waals surface area (Å²) in [5.74, 6) is 1.12.